The van der Waals surface area contributed by atoms with Crippen molar-refractivity contribution in [3.05, 3.63) is 230 Å². The summed E-state index contributed by atoms with van der Waals surface area (Å²) in [5, 5.41) is 11.1. The molecule has 3 aromatic heterocycles. The fourth-order valence-corrected chi connectivity index (χ4v) is 10.2. The van der Waals surface area contributed by atoms with Gasteiger partial charge in [0, 0.05) is 43.6 Å². The van der Waals surface area contributed by atoms with Crippen molar-refractivity contribution in [3.63, 3.8) is 0 Å². The molecule has 0 aliphatic carbocycles. The molecule has 13 rings (SSSR count). The van der Waals surface area contributed by atoms with Gasteiger partial charge in [0.15, 0.2) is 0 Å². The van der Waals surface area contributed by atoms with Crippen LogP contribution in [0.4, 0.5) is 0 Å². The van der Waals surface area contributed by atoms with Gasteiger partial charge >= 0.3 is 0 Å². The van der Waals surface area contributed by atoms with Crippen LogP contribution in [0.25, 0.3) is 99.2 Å². The van der Waals surface area contributed by atoms with Crippen molar-refractivity contribution in [2.75, 3.05) is 0 Å². The fourth-order valence-electron chi connectivity index (χ4n) is 10.2. The van der Waals surface area contributed by atoms with Crippen LogP contribution >= 0.6 is 0 Å². The van der Waals surface area contributed by atoms with E-state index in [1.165, 1.54) is 49.4 Å². The van der Waals surface area contributed by atoms with Crippen molar-refractivity contribution < 1.29 is 4.42 Å². The van der Waals surface area contributed by atoms with Crippen LogP contribution in [0.3, 0.4) is 0 Å². The smallest absolute Gasteiger partial charge is 0.209 e. The SMILES string of the molecule is C1=C(c2ccc3c(c2)oc2ccccc23)N=C(n2c3ccccc3c3ccc4c5ccccc5n(-c5cccc(-c6ccccc6)c5)c4c32)NC(c2ccc(-c3ccccc3)cc2)CC1. The van der Waals surface area contributed by atoms with E-state index in [-0.39, 0.29) is 6.04 Å². The number of hydrogen-bond acceptors (Lipinski definition) is 3. The lowest BCUT2D eigenvalue weighted by atomic mass is 9.97. The summed E-state index contributed by atoms with van der Waals surface area (Å²) >= 11 is 0. The molecule has 1 atom stereocenters. The Morgan fingerprint density at radius 2 is 0.985 bits per heavy atom. The maximum absolute atomic E-state index is 6.44. The molecule has 65 heavy (non-hydrogen) atoms. The fraction of sp³-hybridized carbons (Fsp3) is 0.0500. The van der Waals surface area contributed by atoms with Gasteiger partial charge in [0.2, 0.25) is 5.96 Å². The zero-order chi connectivity index (χ0) is 42.8. The third-order valence-corrected chi connectivity index (χ3v) is 13.3. The van der Waals surface area contributed by atoms with Crippen molar-refractivity contribution in [2.24, 2.45) is 4.99 Å². The molecular weight excluding hydrogens is 793 g/mol. The zero-order valence-electron chi connectivity index (χ0n) is 35.5. The highest BCUT2D eigenvalue weighted by atomic mass is 16.3. The summed E-state index contributed by atoms with van der Waals surface area (Å²) < 4.78 is 11.3. The lowest BCUT2D eigenvalue weighted by Crippen LogP contribution is -2.34. The highest BCUT2D eigenvalue weighted by Crippen LogP contribution is 2.42. The molecule has 0 radical (unpaired) electrons. The average molecular weight is 835 g/mol. The van der Waals surface area contributed by atoms with Gasteiger partial charge in [-0.15, -0.1) is 0 Å². The minimum Gasteiger partial charge on any atom is -0.456 e. The van der Waals surface area contributed by atoms with E-state index < -0.39 is 0 Å². The van der Waals surface area contributed by atoms with Crippen LogP contribution in [-0.2, 0) is 0 Å². The summed E-state index contributed by atoms with van der Waals surface area (Å²) in [5.74, 6) is 0.770. The Hall–Kier alpha value is -8.41. The van der Waals surface area contributed by atoms with E-state index in [0.29, 0.717) is 0 Å². The summed E-state index contributed by atoms with van der Waals surface area (Å²) in [4.78, 5) is 5.75. The quantitative estimate of drug-likeness (QED) is 0.188. The average Bonchev–Trinajstić information content (AvgIpc) is 4.02. The first kappa shape index (κ1) is 37.2. The Balaban J connectivity index is 1.07. The maximum atomic E-state index is 6.44. The number of nitrogens with one attached hydrogen (secondary N) is 1. The number of benzene rings is 9. The van der Waals surface area contributed by atoms with Gasteiger partial charge in [-0.1, -0.05) is 176 Å². The molecule has 0 fully saturated rings. The van der Waals surface area contributed by atoms with Gasteiger partial charge in [0.05, 0.1) is 33.8 Å². The number of rotatable bonds is 5. The predicted octanol–water partition coefficient (Wildman–Crippen LogP) is 15.5. The third kappa shape index (κ3) is 6.19. The van der Waals surface area contributed by atoms with E-state index in [0.717, 1.165) is 79.8 Å². The lowest BCUT2D eigenvalue weighted by Gasteiger charge is -2.25. The van der Waals surface area contributed by atoms with Gasteiger partial charge in [-0.3, -0.25) is 4.57 Å². The molecule has 9 aromatic carbocycles. The largest absolute Gasteiger partial charge is 0.456 e. The number of furan rings is 1. The number of para-hydroxylation sites is 3. The van der Waals surface area contributed by atoms with Gasteiger partial charge in [-0.05, 0) is 83.1 Å². The summed E-state index contributed by atoms with van der Waals surface area (Å²) in [6.45, 7) is 0. The van der Waals surface area contributed by atoms with Crippen LogP contribution in [0, 0.1) is 0 Å². The standard InChI is InChI=1S/C60H42N4O/c1-3-15-39(16-4-1)41-29-31-42(32-30-41)52-24-14-25-53(44-33-34-49-48-23-9-12-28-56(48)65-57(49)38-44)62-60(61-52)64-55-27-11-8-22-47(55)51-36-35-50-46-21-7-10-26-54(46)63(58(50)59(51)64)45-20-13-19-43(37-45)40-17-5-2-6-18-40/h1-13,15-23,25-38,52H,14,24H2,(H,61,62). The van der Waals surface area contributed by atoms with Crippen LogP contribution < -0.4 is 5.32 Å². The van der Waals surface area contributed by atoms with Crippen molar-refractivity contribution in [1.29, 1.82) is 0 Å². The maximum Gasteiger partial charge on any atom is 0.209 e. The molecule has 12 aromatic rings. The highest BCUT2D eigenvalue weighted by molar-refractivity contribution is 6.26. The topological polar surface area (TPSA) is 47.4 Å². The van der Waals surface area contributed by atoms with Crippen LogP contribution in [-0.4, -0.2) is 15.1 Å². The Bertz CT molecular complexity index is 3850. The Morgan fingerprint density at radius 1 is 0.431 bits per heavy atom. The van der Waals surface area contributed by atoms with Crippen LogP contribution in [0.15, 0.2) is 228 Å². The second kappa shape index (κ2) is 15.1. The first-order valence-electron chi connectivity index (χ1n) is 22.5. The lowest BCUT2D eigenvalue weighted by molar-refractivity contribution is 0.588. The van der Waals surface area contributed by atoms with Gasteiger partial charge in [-0.25, -0.2) is 4.99 Å². The molecule has 308 valence electrons. The normalized spacial score (nSPS) is 14.5. The first-order chi connectivity index (χ1) is 32.2. The van der Waals surface area contributed by atoms with E-state index in [1.807, 2.05) is 12.1 Å². The first-order valence-corrected chi connectivity index (χ1v) is 22.5. The molecule has 1 N–H and O–H groups in total. The third-order valence-electron chi connectivity index (χ3n) is 13.3. The molecule has 0 bridgehead atoms. The van der Waals surface area contributed by atoms with Crippen molar-refractivity contribution in [1.82, 2.24) is 14.5 Å². The Kier molecular flexibility index (Phi) is 8.66. The molecule has 0 saturated carbocycles. The molecule has 4 heterocycles. The number of fused-ring (bicyclic) bond motifs is 10. The Morgan fingerprint density at radius 3 is 1.72 bits per heavy atom. The number of aliphatic imine (C=N–C) groups is 1. The highest BCUT2D eigenvalue weighted by Gasteiger charge is 2.26. The zero-order valence-corrected chi connectivity index (χ0v) is 35.5. The van der Waals surface area contributed by atoms with E-state index in [2.05, 4.69) is 221 Å². The summed E-state index contributed by atoms with van der Waals surface area (Å²) in [5.41, 5.74) is 15.2. The molecule has 1 aliphatic rings. The van der Waals surface area contributed by atoms with Crippen LogP contribution in [0.1, 0.15) is 30.0 Å². The minimum atomic E-state index is -0.0157. The number of allylic oxidation sites excluding steroid dienone is 1. The number of nitrogens with zero attached hydrogens (tertiary/aromatic N) is 3. The monoisotopic (exact) mass is 834 g/mol. The summed E-state index contributed by atoms with van der Waals surface area (Å²) in [6.07, 6.45) is 4.02. The number of hydrogen-bond donors (Lipinski definition) is 1. The van der Waals surface area contributed by atoms with Gasteiger partial charge in [-0.2, -0.15) is 0 Å². The molecule has 0 amide bonds. The van der Waals surface area contributed by atoms with Crippen LogP contribution in [0.2, 0.25) is 0 Å². The second-order valence-electron chi connectivity index (χ2n) is 17.1. The molecule has 1 aliphatic heterocycles. The Labute approximate surface area is 375 Å². The van der Waals surface area contributed by atoms with Crippen molar-refractivity contribution in [2.45, 2.75) is 18.9 Å². The van der Waals surface area contributed by atoms with E-state index in [9.17, 15) is 0 Å². The van der Waals surface area contributed by atoms with Gasteiger partial charge in [0.25, 0.3) is 0 Å². The summed E-state index contributed by atoms with van der Waals surface area (Å²) in [7, 11) is 0. The molecule has 5 nitrogen and oxygen atoms in total. The van der Waals surface area contributed by atoms with E-state index in [1.54, 1.807) is 0 Å². The van der Waals surface area contributed by atoms with E-state index >= 15 is 0 Å². The predicted molar refractivity (Wildman–Crippen MR) is 271 cm³/mol. The van der Waals surface area contributed by atoms with Crippen molar-refractivity contribution >= 4 is 77.2 Å². The number of aromatic nitrogens is 2. The van der Waals surface area contributed by atoms with Crippen molar-refractivity contribution in [3.8, 4) is 27.9 Å². The molecule has 0 saturated heterocycles. The van der Waals surface area contributed by atoms with Gasteiger partial charge < -0.3 is 14.3 Å². The molecule has 1 unspecified atom stereocenters. The second-order valence-corrected chi connectivity index (χ2v) is 17.1. The molecule has 0 spiro atoms. The molecular formula is C60H42N4O. The molecule has 5 heteroatoms. The van der Waals surface area contributed by atoms with E-state index in [4.69, 9.17) is 9.41 Å². The minimum absolute atomic E-state index is 0.0157. The summed E-state index contributed by atoms with van der Waals surface area (Å²) in [6, 6.07) is 76.2. The van der Waals surface area contributed by atoms with Crippen LogP contribution in [0.5, 0.6) is 0 Å². The van der Waals surface area contributed by atoms with Gasteiger partial charge in [0.1, 0.15) is 11.2 Å².